The molecule has 2 aromatic rings. The lowest BCUT2D eigenvalue weighted by atomic mass is 10.2. The molecular formula is C16H17N3O2. The van der Waals surface area contributed by atoms with Gasteiger partial charge in [0.1, 0.15) is 0 Å². The van der Waals surface area contributed by atoms with Gasteiger partial charge in [-0.3, -0.25) is 9.59 Å². The van der Waals surface area contributed by atoms with Crippen molar-refractivity contribution < 1.29 is 4.79 Å². The third kappa shape index (κ3) is 3.13. The summed E-state index contributed by atoms with van der Waals surface area (Å²) in [5.41, 5.74) is 2.10. The van der Waals surface area contributed by atoms with Gasteiger partial charge < -0.3 is 15.2 Å². The second kappa shape index (κ2) is 5.83. The van der Waals surface area contributed by atoms with Crippen LogP contribution in [0, 0.1) is 0 Å². The number of rotatable bonds is 3. The summed E-state index contributed by atoms with van der Waals surface area (Å²) in [6.45, 7) is 2.13. The van der Waals surface area contributed by atoms with E-state index in [1.54, 1.807) is 0 Å². The van der Waals surface area contributed by atoms with Crippen LogP contribution in [0.5, 0.6) is 0 Å². The van der Waals surface area contributed by atoms with Gasteiger partial charge in [-0.1, -0.05) is 6.07 Å². The van der Waals surface area contributed by atoms with Gasteiger partial charge in [-0.25, -0.2) is 0 Å². The predicted octanol–water partition coefficient (Wildman–Crippen LogP) is 2.23. The van der Waals surface area contributed by atoms with Crippen molar-refractivity contribution in [1.29, 1.82) is 0 Å². The number of hydrogen-bond acceptors (Lipinski definition) is 3. The van der Waals surface area contributed by atoms with Crippen molar-refractivity contribution in [3.8, 4) is 0 Å². The largest absolute Gasteiger partial charge is 0.371 e. The molecule has 1 aromatic carbocycles. The Hall–Kier alpha value is -2.56. The fraction of sp³-hybridized carbons (Fsp3) is 0.250. The fourth-order valence-corrected chi connectivity index (χ4v) is 2.51. The molecule has 1 fully saturated rings. The second-order valence-corrected chi connectivity index (χ2v) is 5.14. The molecule has 0 radical (unpaired) electrons. The molecule has 2 N–H and O–H groups in total. The number of H-pyrrole nitrogens is 1. The number of aromatic amines is 1. The Morgan fingerprint density at radius 1 is 1.14 bits per heavy atom. The Labute approximate surface area is 122 Å². The number of hydrogen-bond donors (Lipinski definition) is 2. The molecule has 0 unspecified atom stereocenters. The van der Waals surface area contributed by atoms with Crippen molar-refractivity contribution in [1.82, 2.24) is 4.98 Å². The number of carbonyl (C=O) groups is 1. The quantitative estimate of drug-likeness (QED) is 0.908. The van der Waals surface area contributed by atoms with Gasteiger partial charge in [0.2, 0.25) is 5.56 Å². The zero-order chi connectivity index (χ0) is 14.7. The van der Waals surface area contributed by atoms with E-state index in [2.05, 4.69) is 21.3 Å². The minimum atomic E-state index is -0.232. The summed E-state index contributed by atoms with van der Waals surface area (Å²) < 4.78 is 0. The van der Waals surface area contributed by atoms with Gasteiger partial charge in [-0.15, -0.1) is 0 Å². The van der Waals surface area contributed by atoms with Crippen LogP contribution in [0.4, 0.5) is 11.4 Å². The Morgan fingerprint density at radius 3 is 2.67 bits per heavy atom. The Kier molecular flexibility index (Phi) is 3.73. The smallest absolute Gasteiger partial charge is 0.257 e. The molecule has 5 heteroatoms. The summed E-state index contributed by atoms with van der Waals surface area (Å²) in [6.07, 6.45) is 3.85. The maximum atomic E-state index is 12.1. The van der Waals surface area contributed by atoms with Gasteiger partial charge in [0.05, 0.1) is 5.56 Å². The second-order valence-electron chi connectivity index (χ2n) is 5.14. The van der Waals surface area contributed by atoms with E-state index in [0.717, 1.165) is 24.5 Å². The molecule has 0 spiro atoms. The van der Waals surface area contributed by atoms with Crippen LogP contribution in [0.3, 0.4) is 0 Å². The van der Waals surface area contributed by atoms with Crippen molar-refractivity contribution in [2.75, 3.05) is 23.3 Å². The summed E-state index contributed by atoms with van der Waals surface area (Å²) in [5, 5.41) is 2.85. The zero-order valence-electron chi connectivity index (χ0n) is 11.6. The highest BCUT2D eigenvalue weighted by molar-refractivity contribution is 6.04. The number of carbonyl (C=O) groups excluding carboxylic acids is 1. The number of nitrogens with zero attached hydrogens (tertiary/aromatic N) is 1. The van der Waals surface area contributed by atoms with E-state index in [1.165, 1.54) is 31.2 Å². The third-order valence-electron chi connectivity index (χ3n) is 3.62. The normalized spacial score (nSPS) is 14.2. The van der Waals surface area contributed by atoms with Gasteiger partial charge in [0, 0.05) is 36.7 Å². The van der Waals surface area contributed by atoms with Crippen LogP contribution in [-0.4, -0.2) is 24.0 Å². The first-order valence-electron chi connectivity index (χ1n) is 7.07. The van der Waals surface area contributed by atoms with Crippen LogP contribution in [0.15, 0.2) is 47.4 Å². The number of pyridine rings is 1. The molecule has 0 aliphatic carbocycles. The van der Waals surface area contributed by atoms with Gasteiger partial charge in [0.15, 0.2) is 0 Å². The Bertz CT molecular complexity index is 682. The highest BCUT2D eigenvalue weighted by Gasteiger charge is 2.13. The minimum absolute atomic E-state index is 0.220. The van der Waals surface area contributed by atoms with Crippen LogP contribution < -0.4 is 15.8 Å². The van der Waals surface area contributed by atoms with Gasteiger partial charge in [0.25, 0.3) is 5.91 Å². The van der Waals surface area contributed by atoms with E-state index in [-0.39, 0.29) is 11.5 Å². The summed E-state index contributed by atoms with van der Waals surface area (Å²) in [7, 11) is 0. The number of benzene rings is 1. The van der Waals surface area contributed by atoms with E-state index in [0.29, 0.717) is 5.56 Å². The zero-order valence-corrected chi connectivity index (χ0v) is 11.6. The SMILES string of the molecule is O=C(Nc1cccc(N2CCCC2)c1)c1ccc(=O)[nH]c1. The van der Waals surface area contributed by atoms with Crippen molar-refractivity contribution >= 4 is 17.3 Å². The number of amides is 1. The standard InChI is InChI=1S/C16H17N3O2/c20-15-7-6-12(11-17-15)16(21)18-13-4-3-5-14(10-13)19-8-1-2-9-19/h3-7,10-11H,1-2,8-9H2,(H,17,20)(H,18,21). The molecule has 1 aliphatic heterocycles. The van der Waals surface area contributed by atoms with Crippen LogP contribution >= 0.6 is 0 Å². The fourth-order valence-electron chi connectivity index (χ4n) is 2.51. The predicted molar refractivity (Wildman–Crippen MR) is 82.9 cm³/mol. The van der Waals surface area contributed by atoms with Crippen LogP contribution in [0.25, 0.3) is 0 Å². The topological polar surface area (TPSA) is 65.2 Å². The summed E-state index contributed by atoms with van der Waals surface area (Å²) in [4.78, 5) is 27.9. The van der Waals surface area contributed by atoms with Crippen molar-refractivity contribution in [3.05, 3.63) is 58.5 Å². The average molecular weight is 283 g/mol. The molecule has 2 heterocycles. The van der Waals surface area contributed by atoms with E-state index in [1.807, 2.05) is 18.2 Å². The number of aromatic nitrogens is 1. The molecule has 5 nitrogen and oxygen atoms in total. The van der Waals surface area contributed by atoms with E-state index >= 15 is 0 Å². The third-order valence-corrected chi connectivity index (χ3v) is 3.62. The van der Waals surface area contributed by atoms with E-state index in [9.17, 15) is 9.59 Å². The molecule has 0 atom stereocenters. The first-order chi connectivity index (χ1) is 10.2. The monoisotopic (exact) mass is 283 g/mol. The summed E-state index contributed by atoms with van der Waals surface area (Å²) in [5.74, 6) is -0.232. The summed E-state index contributed by atoms with van der Waals surface area (Å²) in [6, 6.07) is 10.7. The number of anilines is 2. The van der Waals surface area contributed by atoms with Gasteiger partial charge >= 0.3 is 0 Å². The molecule has 21 heavy (non-hydrogen) atoms. The van der Waals surface area contributed by atoms with Gasteiger partial charge in [-0.05, 0) is 37.1 Å². The molecule has 1 saturated heterocycles. The highest BCUT2D eigenvalue weighted by Crippen LogP contribution is 2.23. The highest BCUT2D eigenvalue weighted by atomic mass is 16.1. The maximum absolute atomic E-state index is 12.1. The van der Waals surface area contributed by atoms with Crippen molar-refractivity contribution in [2.24, 2.45) is 0 Å². The lowest BCUT2D eigenvalue weighted by molar-refractivity contribution is 0.102. The molecule has 1 aromatic heterocycles. The maximum Gasteiger partial charge on any atom is 0.257 e. The Balaban J connectivity index is 1.75. The summed E-state index contributed by atoms with van der Waals surface area (Å²) >= 11 is 0. The first-order valence-corrected chi connectivity index (χ1v) is 7.07. The van der Waals surface area contributed by atoms with Crippen molar-refractivity contribution in [2.45, 2.75) is 12.8 Å². The molecule has 108 valence electrons. The number of nitrogens with one attached hydrogen (secondary N) is 2. The average Bonchev–Trinajstić information content (AvgIpc) is 3.02. The first kappa shape index (κ1) is 13.4. The molecule has 1 aliphatic rings. The molecule has 3 rings (SSSR count). The van der Waals surface area contributed by atoms with Crippen LogP contribution in [0.1, 0.15) is 23.2 Å². The molecule has 0 saturated carbocycles. The van der Waals surface area contributed by atoms with E-state index in [4.69, 9.17) is 0 Å². The lowest BCUT2D eigenvalue weighted by Gasteiger charge is -2.18. The lowest BCUT2D eigenvalue weighted by Crippen LogP contribution is -2.18. The Morgan fingerprint density at radius 2 is 1.95 bits per heavy atom. The molecular weight excluding hydrogens is 266 g/mol. The van der Waals surface area contributed by atoms with E-state index < -0.39 is 0 Å². The molecule has 0 bridgehead atoms. The van der Waals surface area contributed by atoms with Gasteiger partial charge in [-0.2, -0.15) is 0 Å². The van der Waals surface area contributed by atoms with Crippen LogP contribution in [0.2, 0.25) is 0 Å². The molecule has 1 amide bonds. The van der Waals surface area contributed by atoms with Crippen LogP contribution in [-0.2, 0) is 0 Å². The minimum Gasteiger partial charge on any atom is -0.371 e. The van der Waals surface area contributed by atoms with Crippen molar-refractivity contribution in [3.63, 3.8) is 0 Å².